The highest BCUT2D eigenvalue weighted by molar-refractivity contribution is 6.31. The zero-order valence-electron chi connectivity index (χ0n) is 13.8. The topological polar surface area (TPSA) is 63.1 Å². The van der Waals surface area contributed by atoms with Gasteiger partial charge in [-0.1, -0.05) is 23.7 Å². The van der Waals surface area contributed by atoms with Crippen LogP contribution in [0.25, 0.3) is 16.8 Å². The average Bonchev–Trinajstić information content (AvgIpc) is 3.05. The Kier molecular flexibility index (Phi) is 4.05. The molecule has 0 amide bonds. The summed E-state index contributed by atoms with van der Waals surface area (Å²) in [6.45, 7) is 1.74. The highest BCUT2D eigenvalue weighted by atomic mass is 35.5. The molecule has 130 valence electrons. The molecular formula is C19H14ClFN4O. The van der Waals surface area contributed by atoms with Crippen LogP contribution in [0.3, 0.4) is 0 Å². The van der Waals surface area contributed by atoms with Gasteiger partial charge in [-0.25, -0.2) is 13.9 Å². The molecule has 0 aliphatic carbocycles. The van der Waals surface area contributed by atoms with Gasteiger partial charge in [-0.3, -0.25) is 14.9 Å². The van der Waals surface area contributed by atoms with Crippen molar-refractivity contribution in [1.29, 1.82) is 0 Å². The summed E-state index contributed by atoms with van der Waals surface area (Å²) in [5, 5.41) is 3.21. The Labute approximate surface area is 153 Å². The van der Waals surface area contributed by atoms with Crippen LogP contribution < -0.4 is 5.56 Å². The molecule has 0 atom stereocenters. The molecule has 0 unspecified atom stereocenters. The van der Waals surface area contributed by atoms with Gasteiger partial charge in [0.2, 0.25) is 0 Å². The van der Waals surface area contributed by atoms with Crippen molar-refractivity contribution in [2.24, 2.45) is 0 Å². The van der Waals surface area contributed by atoms with E-state index in [9.17, 15) is 9.18 Å². The molecule has 3 aromatic heterocycles. The average molecular weight is 369 g/mol. The number of H-pyrrole nitrogens is 1. The molecular weight excluding hydrogens is 355 g/mol. The second kappa shape index (κ2) is 6.38. The van der Waals surface area contributed by atoms with Crippen LogP contribution in [0.5, 0.6) is 0 Å². The Bertz CT molecular complexity index is 1150. The smallest absolute Gasteiger partial charge is 0.276 e. The second-order valence-electron chi connectivity index (χ2n) is 5.95. The van der Waals surface area contributed by atoms with E-state index < -0.39 is 5.82 Å². The van der Waals surface area contributed by atoms with Gasteiger partial charge in [0.15, 0.2) is 5.65 Å². The number of pyridine rings is 1. The maximum Gasteiger partial charge on any atom is 0.276 e. The van der Waals surface area contributed by atoms with Crippen molar-refractivity contribution < 1.29 is 4.39 Å². The number of aromatic nitrogens is 4. The maximum absolute atomic E-state index is 14.1. The summed E-state index contributed by atoms with van der Waals surface area (Å²) >= 11 is 6.10. The van der Waals surface area contributed by atoms with E-state index in [1.165, 1.54) is 16.6 Å². The van der Waals surface area contributed by atoms with Crippen LogP contribution >= 0.6 is 11.6 Å². The van der Waals surface area contributed by atoms with Gasteiger partial charge in [0.1, 0.15) is 5.82 Å². The predicted octanol–water partition coefficient (Wildman–Crippen LogP) is 3.78. The normalized spacial score (nSPS) is 11.2. The van der Waals surface area contributed by atoms with E-state index >= 15 is 0 Å². The maximum atomic E-state index is 14.1. The standard InChI is InChI=1S/C19H14ClFN4O/c1-11-13(8-14-16(20)5-2-6-17(14)21)19(26)25-18(24-11)15(10-23-25)12-4-3-7-22-9-12/h2-7,9-10,23H,8H2,1H3. The van der Waals surface area contributed by atoms with Crippen LogP contribution in [0.15, 0.2) is 53.7 Å². The van der Waals surface area contributed by atoms with Gasteiger partial charge in [0.25, 0.3) is 5.56 Å². The minimum Gasteiger partial charge on any atom is -0.296 e. The number of rotatable bonds is 3. The number of fused-ring (bicyclic) bond motifs is 1. The highest BCUT2D eigenvalue weighted by Crippen LogP contribution is 2.24. The molecule has 0 aliphatic rings. The van der Waals surface area contributed by atoms with E-state index in [1.54, 1.807) is 31.6 Å². The summed E-state index contributed by atoms with van der Waals surface area (Å²) in [6.07, 6.45) is 5.17. The summed E-state index contributed by atoms with van der Waals surface area (Å²) < 4.78 is 15.5. The van der Waals surface area contributed by atoms with Crippen LogP contribution in [0.4, 0.5) is 4.39 Å². The molecule has 0 spiro atoms. The number of aromatic amines is 1. The van der Waals surface area contributed by atoms with Gasteiger partial charge >= 0.3 is 0 Å². The van der Waals surface area contributed by atoms with Crippen molar-refractivity contribution in [3.63, 3.8) is 0 Å². The van der Waals surface area contributed by atoms with Crippen LogP contribution in [-0.4, -0.2) is 19.6 Å². The molecule has 0 radical (unpaired) electrons. The molecule has 0 bridgehead atoms. The predicted molar refractivity (Wildman–Crippen MR) is 98.0 cm³/mol. The quantitative estimate of drug-likeness (QED) is 0.598. The molecule has 7 heteroatoms. The monoisotopic (exact) mass is 368 g/mol. The summed E-state index contributed by atoms with van der Waals surface area (Å²) in [5.41, 5.74) is 3.07. The molecule has 26 heavy (non-hydrogen) atoms. The summed E-state index contributed by atoms with van der Waals surface area (Å²) in [7, 11) is 0. The lowest BCUT2D eigenvalue weighted by Crippen LogP contribution is -2.22. The minimum atomic E-state index is -0.441. The molecule has 0 fully saturated rings. The van der Waals surface area contributed by atoms with Gasteiger partial charge in [0, 0.05) is 58.0 Å². The lowest BCUT2D eigenvalue weighted by molar-refractivity contribution is 0.613. The number of halogens is 2. The van der Waals surface area contributed by atoms with Crippen molar-refractivity contribution in [2.45, 2.75) is 13.3 Å². The molecule has 0 aliphatic heterocycles. The van der Waals surface area contributed by atoms with Crippen molar-refractivity contribution in [3.05, 3.63) is 86.9 Å². The Balaban J connectivity index is 1.87. The summed E-state index contributed by atoms with van der Waals surface area (Å²) in [6, 6.07) is 8.18. The molecule has 1 N–H and O–H groups in total. The number of hydrogen-bond donors (Lipinski definition) is 1. The molecule has 0 saturated carbocycles. The summed E-state index contributed by atoms with van der Waals surface area (Å²) in [4.78, 5) is 21.6. The fourth-order valence-electron chi connectivity index (χ4n) is 2.97. The van der Waals surface area contributed by atoms with Crippen LogP contribution in [0.1, 0.15) is 16.8 Å². The van der Waals surface area contributed by atoms with Gasteiger partial charge in [-0.2, -0.15) is 0 Å². The van der Waals surface area contributed by atoms with Crippen LogP contribution in [-0.2, 0) is 6.42 Å². The Hall–Kier alpha value is -2.99. The molecule has 0 saturated heterocycles. The molecule has 1 aromatic carbocycles. The first kappa shape index (κ1) is 16.5. The van der Waals surface area contributed by atoms with Crippen molar-refractivity contribution in [1.82, 2.24) is 19.6 Å². The Morgan fingerprint density at radius 1 is 1.23 bits per heavy atom. The highest BCUT2D eigenvalue weighted by Gasteiger charge is 2.17. The van der Waals surface area contributed by atoms with Crippen molar-refractivity contribution in [2.75, 3.05) is 0 Å². The first-order chi connectivity index (χ1) is 12.6. The third kappa shape index (κ3) is 2.68. The van der Waals surface area contributed by atoms with Gasteiger partial charge in [-0.05, 0) is 25.1 Å². The fourth-order valence-corrected chi connectivity index (χ4v) is 3.20. The van der Waals surface area contributed by atoms with Crippen molar-refractivity contribution in [3.8, 4) is 11.1 Å². The number of aryl methyl sites for hydroxylation is 1. The summed E-state index contributed by atoms with van der Waals surface area (Å²) in [5.74, 6) is -0.441. The first-order valence-corrected chi connectivity index (χ1v) is 8.37. The van der Waals surface area contributed by atoms with E-state index in [2.05, 4.69) is 15.1 Å². The van der Waals surface area contributed by atoms with Crippen molar-refractivity contribution >= 4 is 17.2 Å². The van der Waals surface area contributed by atoms with Gasteiger partial charge in [0.05, 0.1) is 0 Å². The van der Waals surface area contributed by atoms with Crippen LogP contribution in [0.2, 0.25) is 5.02 Å². The fraction of sp³-hybridized carbons (Fsp3) is 0.105. The van der Waals surface area contributed by atoms with Gasteiger partial charge < -0.3 is 0 Å². The number of benzene rings is 1. The van der Waals surface area contributed by atoms with Crippen LogP contribution in [0, 0.1) is 12.7 Å². The molecule has 4 aromatic rings. The van der Waals surface area contributed by atoms with E-state index in [0.29, 0.717) is 16.9 Å². The molecule has 3 heterocycles. The van der Waals surface area contributed by atoms with Gasteiger partial charge in [-0.15, -0.1) is 0 Å². The zero-order chi connectivity index (χ0) is 18.3. The Morgan fingerprint density at radius 2 is 2.08 bits per heavy atom. The SMILES string of the molecule is Cc1nc2c(-c3cccnc3)c[nH]n2c(=O)c1Cc1c(F)cccc1Cl. The molecule has 4 rings (SSSR count). The number of nitrogens with one attached hydrogen (secondary N) is 1. The Morgan fingerprint density at radius 3 is 2.81 bits per heavy atom. The minimum absolute atomic E-state index is 0.0767. The lowest BCUT2D eigenvalue weighted by atomic mass is 10.0. The van der Waals surface area contributed by atoms with E-state index in [0.717, 1.165) is 11.1 Å². The lowest BCUT2D eigenvalue weighted by Gasteiger charge is -2.09. The number of hydrogen-bond acceptors (Lipinski definition) is 3. The second-order valence-corrected chi connectivity index (χ2v) is 6.35. The van der Waals surface area contributed by atoms with E-state index in [-0.39, 0.29) is 22.6 Å². The molecule has 5 nitrogen and oxygen atoms in total. The van der Waals surface area contributed by atoms with E-state index in [4.69, 9.17) is 11.6 Å². The third-order valence-corrected chi connectivity index (χ3v) is 4.70. The first-order valence-electron chi connectivity index (χ1n) is 7.99. The number of nitrogens with zero attached hydrogens (tertiary/aromatic N) is 3. The zero-order valence-corrected chi connectivity index (χ0v) is 14.6. The van der Waals surface area contributed by atoms with E-state index in [1.807, 2.05) is 12.1 Å². The largest absolute Gasteiger partial charge is 0.296 e. The third-order valence-electron chi connectivity index (χ3n) is 4.35.